The first-order valence-electron chi connectivity index (χ1n) is 9.93. The highest BCUT2D eigenvalue weighted by molar-refractivity contribution is 7.89. The predicted molar refractivity (Wildman–Crippen MR) is 114 cm³/mol. The standard InChI is InChI=1S/C22H23ClN2O4S/c1-15(26)16-4-3-7-19(13-16)30(28,29)25-10-8-24(9-11-25)22(27)21-14-20(21)17-5-2-6-18(23)12-17/h2-7,12-13,20-21H,8-11,14H2,1H3. The number of sulfonamides is 1. The molecule has 2 unspecified atom stereocenters. The highest BCUT2D eigenvalue weighted by Gasteiger charge is 2.46. The molecule has 8 heteroatoms. The lowest BCUT2D eigenvalue weighted by Crippen LogP contribution is -2.51. The van der Waals surface area contributed by atoms with Crippen LogP contribution in [0, 0.1) is 5.92 Å². The number of halogens is 1. The maximum absolute atomic E-state index is 13.0. The molecule has 0 radical (unpaired) electrons. The zero-order chi connectivity index (χ0) is 21.5. The van der Waals surface area contributed by atoms with Crippen LogP contribution in [0.3, 0.4) is 0 Å². The van der Waals surface area contributed by atoms with Crippen molar-refractivity contribution in [2.45, 2.75) is 24.2 Å². The predicted octanol–water partition coefficient (Wildman–Crippen LogP) is 3.18. The number of carbonyl (C=O) groups excluding carboxylic acids is 2. The Morgan fingerprint density at radius 1 is 1.00 bits per heavy atom. The molecule has 6 nitrogen and oxygen atoms in total. The minimum absolute atomic E-state index is 0.0566. The van der Waals surface area contributed by atoms with Gasteiger partial charge in [-0.2, -0.15) is 4.31 Å². The van der Waals surface area contributed by atoms with Crippen molar-refractivity contribution < 1.29 is 18.0 Å². The van der Waals surface area contributed by atoms with E-state index in [9.17, 15) is 18.0 Å². The van der Waals surface area contributed by atoms with Crippen LogP contribution in [0.1, 0.15) is 35.2 Å². The van der Waals surface area contributed by atoms with Crippen molar-refractivity contribution in [3.05, 3.63) is 64.7 Å². The van der Waals surface area contributed by atoms with Crippen molar-refractivity contribution in [1.82, 2.24) is 9.21 Å². The van der Waals surface area contributed by atoms with E-state index < -0.39 is 10.0 Å². The number of amides is 1. The lowest BCUT2D eigenvalue weighted by molar-refractivity contribution is -0.133. The molecule has 1 amide bonds. The van der Waals surface area contributed by atoms with E-state index in [4.69, 9.17) is 11.6 Å². The van der Waals surface area contributed by atoms with Gasteiger partial charge in [-0.3, -0.25) is 9.59 Å². The van der Waals surface area contributed by atoms with E-state index in [1.54, 1.807) is 17.0 Å². The van der Waals surface area contributed by atoms with Crippen molar-refractivity contribution in [3.63, 3.8) is 0 Å². The average molecular weight is 447 g/mol. The molecule has 0 aromatic heterocycles. The first-order valence-corrected chi connectivity index (χ1v) is 11.7. The van der Waals surface area contributed by atoms with Crippen LogP contribution in [0.5, 0.6) is 0 Å². The van der Waals surface area contributed by atoms with Crippen LogP contribution in [0.4, 0.5) is 0 Å². The van der Waals surface area contributed by atoms with Gasteiger partial charge in [-0.25, -0.2) is 8.42 Å². The van der Waals surface area contributed by atoms with Crippen LogP contribution < -0.4 is 0 Å². The van der Waals surface area contributed by atoms with Gasteiger partial charge in [0.15, 0.2) is 5.78 Å². The quantitative estimate of drug-likeness (QED) is 0.661. The second-order valence-electron chi connectivity index (χ2n) is 7.82. The molecule has 4 rings (SSSR count). The number of benzene rings is 2. The van der Waals surface area contributed by atoms with Crippen LogP contribution >= 0.6 is 11.6 Å². The molecule has 1 aliphatic heterocycles. The number of rotatable bonds is 5. The summed E-state index contributed by atoms with van der Waals surface area (Å²) >= 11 is 6.05. The Bertz CT molecular complexity index is 1090. The second-order valence-corrected chi connectivity index (χ2v) is 10.2. The van der Waals surface area contributed by atoms with Gasteiger partial charge in [0.1, 0.15) is 0 Å². The number of nitrogens with zero attached hydrogens (tertiary/aromatic N) is 2. The lowest BCUT2D eigenvalue weighted by atomic mass is 10.1. The van der Waals surface area contributed by atoms with Gasteiger partial charge in [0.2, 0.25) is 15.9 Å². The molecule has 1 heterocycles. The average Bonchev–Trinajstić information content (AvgIpc) is 3.54. The highest BCUT2D eigenvalue weighted by Crippen LogP contribution is 2.49. The molecule has 2 aromatic rings. The molecule has 2 atom stereocenters. The van der Waals surface area contributed by atoms with Gasteiger partial charge in [-0.15, -0.1) is 0 Å². The molecular weight excluding hydrogens is 424 g/mol. The largest absolute Gasteiger partial charge is 0.340 e. The third kappa shape index (κ3) is 4.15. The Balaban J connectivity index is 1.39. The number of piperazine rings is 1. The molecule has 2 aromatic carbocycles. The number of ketones is 1. The Labute approximate surface area is 181 Å². The summed E-state index contributed by atoms with van der Waals surface area (Å²) in [4.78, 5) is 26.3. The summed E-state index contributed by atoms with van der Waals surface area (Å²) in [6.07, 6.45) is 0.801. The van der Waals surface area contributed by atoms with Crippen molar-refractivity contribution in [2.75, 3.05) is 26.2 Å². The second kappa shape index (κ2) is 8.13. The number of hydrogen-bond acceptors (Lipinski definition) is 4. The maximum atomic E-state index is 13.0. The van der Waals surface area contributed by atoms with Gasteiger partial charge < -0.3 is 4.90 Å². The van der Waals surface area contributed by atoms with Crippen LogP contribution in [0.25, 0.3) is 0 Å². The zero-order valence-electron chi connectivity index (χ0n) is 16.6. The summed E-state index contributed by atoms with van der Waals surface area (Å²) in [5.74, 6) is 0.0305. The van der Waals surface area contributed by atoms with E-state index in [1.165, 1.54) is 23.4 Å². The first kappa shape index (κ1) is 21.0. The van der Waals surface area contributed by atoms with Crippen molar-refractivity contribution in [1.29, 1.82) is 0 Å². The van der Waals surface area contributed by atoms with Gasteiger partial charge in [0, 0.05) is 42.7 Å². The molecule has 1 saturated carbocycles. The molecule has 2 aliphatic rings. The fraction of sp³-hybridized carbons (Fsp3) is 0.364. The lowest BCUT2D eigenvalue weighted by Gasteiger charge is -2.34. The van der Waals surface area contributed by atoms with Gasteiger partial charge in [-0.1, -0.05) is 35.9 Å². The van der Waals surface area contributed by atoms with Crippen molar-refractivity contribution >= 4 is 33.3 Å². The van der Waals surface area contributed by atoms with E-state index >= 15 is 0 Å². The Kier molecular flexibility index (Phi) is 5.70. The Morgan fingerprint density at radius 3 is 2.37 bits per heavy atom. The van der Waals surface area contributed by atoms with E-state index in [-0.39, 0.29) is 41.5 Å². The molecule has 0 bridgehead atoms. The molecule has 0 N–H and O–H groups in total. The minimum Gasteiger partial charge on any atom is -0.340 e. The van der Waals surface area contributed by atoms with Crippen molar-refractivity contribution in [3.8, 4) is 0 Å². The summed E-state index contributed by atoms with van der Waals surface area (Å²) in [5.41, 5.74) is 1.44. The topological polar surface area (TPSA) is 74.8 Å². The van der Waals surface area contributed by atoms with Gasteiger partial charge in [0.25, 0.3) is 0 Å². The van der Waals surface area contributed by atoms with Crippen LogP contribution in [-0.2, 0) is 14.8 Å². The third-order valence-electron chi connectivity index (χ3n) is 5.81. The van der Waals surface area contributed by atoms with E-state index in [0.717, 1.165) is 12.0 Å². The molecule has 1 aliphatic carbocycles. The summed E-state index contributed by atoms with van der Waals surface area (Å²) in [6, 6.07) is 13.7. The summed E-state index contributed by atoms with van der Waals surface area (Å²) in [6.45, 7) is 2.62. The van der Waals surface area contributed by atoms with Crippen LogP contribution in [0.2, 0.25) is 5.02 Å². The van der Waals surface area contributed by atoms with Crippen LogP contribution in [0.15, 0.2) is 53.4 Å². The molecular formula is C22H23ClN2O4S. The fourth-order valence-corrected chi connectivity index (χ4v) is 5.65. The first-order chi connectivity index (χ1) is 14.3. The number of Topliss-reactive ketones (excluding diaryl/α,β-unsaturated/α-hetero) is 1. The van der Waals surface area contributed by atoms with Gasteiger partial charge >= 0.3 is 0 Å². The number of hydrogen-bond donors (Lipinski definition) is 0. The monoisotopic (exact) mass is 446 g/mol. The molecule has 1 saturated heterocycles. The number of carbonyl (C=O) groups is 2. The minimum atomic E-state index is -3.70. The summed E-state index contributed by atoms with van der Waals surface area (Å²) < 4.78 is 27.3. The fourth-order valence-electron chi connectivity index (χ4n) is 3.98. The van der Waals surface area contributed by atoms with E-state index in [1.807, 2.05) is 24.3 Å². The third-order valence-corrected chi connectivity index (χ3v) is 7.94. The normalized spacial score (nSPS) is 22.0. The molecule has 0 spiro atoms. The van der Waals surface area contributed by atoms with Gasteiger partial charge in [-0.05, 0) is 49.1 Å². The SMILES string of the molecule is CC(=O)c1cccc(S(=O)(=O)N2CCN(C(=O)C3CC3c3cccc(Cl)c3)CC2)c1. The molecule has 30 heavy (non-hydrogen) atoms. The van der Waals surface area contributed by atoms with E-state index in [2.05, 4.69) is 0 Å². The molecule has 158 valence electrons. The Morgan fingerprint density at radius 2 is 1.70 bits per heavy atom. The summed E-state index contributed by atoms with van der Waals surface area (Å²) in [7, 11) is -3.70. The maximum Gasteiger partial charge on any atom is 0.243 e. The highest BCUT2D eigenvalue weighted by atomic mass is 35.5. The van der Waals surface area contributed by atoms with Gasteiger partial charge in [0.05, 0.1) is 4.90 Å². The van der Waals surface area contributed by atoms with Crippen LogP contribution in [-0.4, -0.2) is 55.5 Å². The zero-order valence-corrected chi connectivity index (χ0v) is 18.2. The smallest absolute Gasteiger partial charge is 0.243 e. The van der Waals surface area contributed by atoms with E-state index in [0.29, 0.717) is 23.7 Å². The van der Waals surface area contributed by atoms with Crippen molar-refractivity contribution in [2.24, 2.45) is 5.92 Å². The molecule has 2 fully saturated rings. The summed E-state index contributed by atoms with van der Waals surface area (Å²) in [5, 5.41) is 0.665. The Hall–Kier alpha value is -2.22.